The molecule has 3 heterocycles. The van der Waals surface area contributed by atoms with Gasteiger partial charge in [0.1, 0.15) is 17.1 Å². The zero-order valence-electron chi connectivity index (χ0n) is 18.1. The zero-order valence-corrected chi connectivity index (χ0v) is 19.0. The number of benzene rings is 2. The number of rotatable bonds is 7. The maximum absolute atomic E-state index is 12.1. The molecule has 0 saturated carbocycles. The fourth-order valence-electron chi connectivity index (χ4n) is 3.65. The Morgan fingerprint density at radius 2 is 1.91 bits per heavy atom. The molecule has 0 atom stereocenters. The van der Waals surface area contributed by atoms with E-state index in [1.807, 2.05) is 66.1 Å². The molecular weight excluding hydrogens is 438 g/mol. The fourth-order valence-corrected chi connectivity index (χ4v) is 4.58. The van der Waals surface area contributed by atoms with Crippen LogP contribution < -0.4 is 10.4 Å². The van der Waals surface area contributed by atoms with E-state index in [0.29, 0.717) is 17.9 Å². The Labute approximate surface area is 194 Å². The van der Waals surface area contributed by atoms with Gasteiger partial charge >= 0.3 is 5.63 Å². The van der Waals surface area contributed by atoms with Crippen LogP contribution in [0.5, 0.6) is 5.75 Å². The summed E-state index contributed by atoms with van der Waals surface area (Å²) in [4.78, 5) is 12.1. The molecule has 5 aromatic rings. The summed E-state index contributed by atoms with van der Waals surface area (Å²) in [6.07, 6.45) is 1.65. The topological polar surface area (TPSA) is 83.3 Å². The number of furan rings is 1. The molecule has 0 unspecified atom stereocenters. The van der Waals surface area contributed by atoms with Crippen LogP contribution in [0, 0.1) is 6.92 Å². The number of hydrogen-bond donors (Lipinski definition) is 0. The van der Waals surface area contributed by atoms with Crippen molar-refractivity contribution in [1.29, 1.82) is 0 Å². The van der Waals surface area contributed by atoms with Gasteiger partial charge < -0.3 is 13.6 Å². The lowest BCUT2D eigenvalue weighted by atomic mass is 10.1. The number of aryl methyl sites for hydroxylation is 1. The van der Waals surface area contributed by atoms with Crippen molar-refractivity contribution in [2.45, 2.75) is 24.4 Å². The summed E-state index contributed by atoms with van der Waals surface area (Å²) in [6, 6.07) is 18.9. The third kappa shape index (κ3) is 4.42. The molecule has 0 N–H and O–H groups in total. The van der Waals surface area contributed by atoms with Gasteiger partial charge in [-0.15, -0.1) is 10.2 Å². The van der Waals surface area contributed by atoms with Crippen LogP contribution in [0.2, 0.25) is 0 Å². The third-order valence-electron chi connectivity index (χ3n) is 5.30. The number of nitrogens with zero attached hydrogens (tertiary/aromatic N) is 3. The quantitative estimate of drug-likeness (QED) is 0.241. The van der Waals surface area contributed by atoms with E-state index in [2.05, 4.69) is 10.2 Å². The molecule has 0 bridgehead atoms. The minimum Gasteiger partial charge on any atom is -0.497 e. The number of aromatic nitrogens is 3. The van der Waals surface area contributed by atoms with Crippen LogP contribution in [0.15, 0.2) is 85.7 Å². The number of methoxy groups -OCH3 is 1. The smallest absolute Gasteiger partial charge is 0.336 e. The van der Waals surface area contributed by atoms with Crippen molar-refractivity contribution < 1.29 is 13.6 Å². The van der Waals surface area contributed by atoms with Crippen LogP contribution in [-0.2, 0) is 12.3 Å². The summed E-state index contributed by atoms with van der Waals surface area (Å²) < 4.78 is 18.3. The molecule has 7 nitrogen and oxygen atoms in total. The normalized spacial score (nSPS) is 11.2. The predicted molar refractivity (Wildman–Crippen MR) is 127 cm³/mol. The van der Waals surface area contributed by atoms with Gasteiger partial charge in [0.25, 0.3) is 0 Å². The molecule has 0 aliphatic heterocycles. The molecule has 3 aromatic heterocycles. The van der Waals surface area contributed by atoms with Crippen LogP contribution in [0.25, 0.3) is 22.4 Å². The summed E-state index contributed by atoms with van der Waals surface area (Å²) in [7, 11) is 1.64. The van der Waals surface area contributed by atoms with Gasteiger partial charge in [-0.3, -0.25) is 4.57 Å². The van der Waals surface area contributed by atoms with E-state index in [4.69, 9.17) is 13.6 Å². The van der Waals surface area contributed by atoms with Gasteiger partial charge in [-0.05, 0) is 60.5 Å². The fraction of sp³-hybridized carbons (Fsp3) is 0.160. The second-order valence-electron chi connectivity index (χ2n) is 7.58. The van der Waals surface area contributed by atoms with Crippen LogP contribution >= 0.6 is 11.8 Å². The molecular formula is C25H21N3O4S. The lowest BCUT2D eigenvalue weighted by molar-refractivity contribution is 0.415. The molecule has 8 heteroatoms. The minimum atomic E-state index is -0.361. The van der Waals surface area contributed by atoms with Gasteiger partial charge in [-0.25, -0.2) is 4.79 Å². The van der Waals surface area contributed by atoms with Crippen LogP contribution in [0.3, 0.4) is 0 Å². The first-order valence-electron chi connectivity index (χ1n) is 10.4. The highest BCUT2D eigenvalue weighted by Crippen LogP contribution is 2.30. The second kappa shape index (κ2) is 8.99. The Bertz CT molecular complexity index is 1450. The molecule has 166 valence electrons. The Kier molecular flexibility index (Phi) is 5.75. The van der Waals surface area contributed by atoms with Crippen molar-refractivity contribution in [2.75, 3.05) is 7.11 Å². The Morgan fingerprint density at radius 1 is 1.06 bits per heavy atom. The van der Waals surface area contributed by atoms with Gasteiger partial charge in [0.05, 0.1) is 19.9 Å². The Hall–Kier alpha value is -3.78. The van der Waals surface area contributed by atoms with Crippen molar-refractivity contribution in [2.24, 2.45) is 0 Å². The molecule has 0 aliphatic carbocycles. The average Bonchev–Trinajstić information content (AvgIpc) is 3.47. The van der Waals surface area contributed by atoms with E-state index in [-0.39, 0.29) is 5.63 Å². The van der Waals surface area contributed by atoms with E-state index < -0.39 is 0 Å². The van der Waals surface area contributed by atoms with Gasteiger partial charge in [0, 0.05) is 22.8 Å². The highest BCUT2D eigenvalue weighted by molar-refractivity contribution is 7.98. The Morgan fingerprint density at radius 3 is 2.67 bits per heavy atom. The van der Waals surface area contributed by atoms with Gasteiger partial charge in [-0.2, -0.15) is 0 Å². The van der Waals surface area contributed by atoms with Crippen molar-refractivity contribution in [1.82, 2.24) is 14.8 Å². The second-order valence-corrected chi connectivity index (χ2v) is 8.52. The van der Waals surface area contributed by atoms with Gasteiger partial charge in [0.2, 0.25) is 0 Å². The monoisotopic (exact) mass is 459 g/mol. The van der Waals surface area contributed by atoms with E-state index in [9.17, 15) is 4.79 Å². The van der Waals surface area contributed by atoms with E-state index >= 15 is 0 Å². The molecule has 0 amide bonds. The van der Waals surface area contributed by atoms with Gasteiger partial charge in [0.15, 0.2) is 11.0 Å². The molecule has 2 aromatic carbocycles. The first-order valence-corrected chi connectivity index (χ1v) is 11.4. The molecule has 0 spiro atoms. The zero-order chi connectivity index (χ0) is 22.8. The number of ether oxygens (including phenoxy) is 1. The lowest BCUT2D eigenvalue weighted by Gasteiger charge is -2.10. The lowest BCUT2D eigenvalue weighted by Crippen LogP contribution is -2.04. The SMILES string of the molecule is COc1ccc(-c2nnc(SCc3cc(=O)oc4cc(C)ccc34)n2Cc2ccco2)cc1. The van der Waals surface area contributed by atoms with Crippen molar-refractivity contribution in [3.8, 4) is 17.1 Å². The molecule has 0 aliphatic rings. The van der Waals surface area contributed by atoms with Crippen molar-refractivity contribution >= 4 is 22.7 Å². The largest absolute Gasteiger partial charge is 0.497 e. The summed E-state index contributed by atoms with van der Waals surface area (Å²) in [5.74, 6) is 2.84. The first kappa shape index (κ1) is 21.1. The van der Waals surface area contributed by atoms with E-state index in [1.165, 1.54) is 11.8 Å². The Balaban J connectivity index is 1.50. The predicted octanol–water partition coefficient (Wildman–Crippen LogP) is 5.30. The standard InChI is InChI=1S/C25H21N3O4S/c1-16-5-10-21-18(13-23(29)32-22(21)12-16)15-33-25-27-26-24(17-6-8-19(30-2)9-7-17)28(25)14-20-4-3-11-31-20/h3-13H,14-15H2,1-2H3. The molecule has 5 rings (SSSR count). The molecule has 33 heavy (non-hydrogen) atoms. The van der Waals surface area contributed by atoms with Crippen LogP contribution in [-0.4, -0.2) is 21.9 Å². The summed E-state index contributed by atoms with van der Waals surface area (Å²) in [5, 5.41) is 10.5. The summed E-state index contributed by atoms with van der Waals surface area (Å²) >= 11 is 1.52. The van der Waals surface area contributed by atoms with Crippen LogP contribution in [0.1, 0.15) is 16.9 Å². The van der Waals surface area contributed by atoms with Gasteiger partial charge in [-0.1, -0.05) is 23.9 Å². The minimum absolute atomic E-state index is 0.361. The number of hydrogen-bond acceptors (Lipinski definition) is 7. The maximum Gasteiger partial charge on any atom is 0.336 e. The summed E-state index contributed by atoms with van der Waals surface area (Å²) in [6.45, 7) is 2.46. The van der Waals surface area contributed by atoms with E-state index in [0.717, 1.165) is 44.6 Å². The number of thioether (sulfide) groups is 1. The summed E-state index contributed by atoms with van der Waals surface area (Å²) in [5.41, 5.74) is 3.08. The molecule has 0 saturated heterocycles. The van der Waals surface area contributed by atoms with Crippen molar-refractivity contribution in [3.63, 3.8) is 0 Å². The highest BCUT2D eigenvalue weighted by Gasteiger charge is 2.17. The van der Waals surface area contributed by atoms with E-state index in [1.54, 1.807) is 19.4 Å². The molecule has 0 radical (unpaired) electrons. The first-order chi connectivity index (χ1) is 16.1. The number of fused-ring (bicyclic) bond motifs is 1. The highest BCUT2D eigenvalue weighted by atomic mass is 32.2. The average molecular weight is 460 g/mol. The molecule has 0 fully saturated rings. The van der Waals surface area contributed by atoms with Crippen molar-refractivity contribution in [3.05, 3.63) is 94.2 Å². The van der Waals surface area contributed by atoms with Crippen LogP contribution in [0.4, 0.5) is 0 Å². The maximum atomic E-state index is 12.1. The third-order valence-corrected chi connectivity index (χ3v) is 6.32.